The van der Waals surface area contributed by atoms with Gasteiger partial charge in [-0.05, 0) is 0 Å². The molecule has 27 heavy (non-hydrogen) atoms. The predicted molar refractivity (Wildman–Crippen MR) is 87.2 cm³/mol. The van der Waals surface area contributed by atoms with Gasteiger partial charge in [-0.1, -0.05) is 0 Å². The highest BCUT2D eigenvalue weighted by molar-refractivity contribution is 7.50. The summed E-state index contributed by atoms with van der Waals surface area (Å²) in [5.74, 6) is -0.576. The fourth-order valence-corrected chi connectivity index (χ4v) is 2.41. The van der Waals surface area contributed by atoms with Gasteiger partial charge in [0.15, 0.2) is 17.5 Å². The maximum Gasteiger partial charge on any atom is 0.439 e. The van der Waals surface area contributed by atoms with Gasteiger partial charge in [-0.15, -0.1) is 0 Å². The van der Waals surface area contributed by atoms with Gasteiger partial charge in [0.05, 0.1) is 12.9 Å². The minimum Gasteiger partial charge on any atom is -0.394 e. The second kappa shape index (κ2) is 9.12. The Bertz CT molecular complexity index is 878. The molecule has 0 aliphatic rings. The van der Waals surface area contributed by atoms with E-state index in [4.69, 9.17) is 41.1 Å². The van der Waals surface area contributed by atoms with Crippen LogP contribution in [0.3, 0.4) is 0 Å². The molecule has 0 fully saturated rings. The van der Waals surface area contributed by atoms with Crippen molar-refractivity contribution in [2.45, 2.75) is 24.4 Å². The number of aldehydes is 1. The molecule has 10 N–H and O–H groups in total. The van der Waals surface area contributed by atoms with Gasteiger partial charge in [-0.2, -0.15) is 9.32 Å². The van der Waals surface area contributed by atoms with Crippen molar-refractivity contribution in [3.05, 3.63) is 16.7 Å². The third kappa shape index (κ3) is 5.38. The second-order valence-corrected chi connectivity index (χ2v) is 6.49. The lowest BCUT2D eigenvalue weighted by atomic mass is 10.0. The van der Waals surface area contributed by atoms with E-state index in [0.717, 1.165) is 0 Å². The van der Waals surface area contributed by atoms with Gasteiger partial charge in [0.1, 0.15) is 24.4 Å². The fourth-order valence-electron chi connectivity index (χ4n) is 1.76. The lowest BCUT2D eigenvalue weighted by Crippen LogP contribution is -2.46. The molecule has 2 rings (SSSR count). The highest BCUT2D eigenvalue weighted by Gasteiger charge is 2.29. The van der Waals surface area contributed by atoms with Crippen molar-refractivity contribution >= 4 is 31.1 Å². The number of aromatic amines is 1. The number of aromatic nitrogens is 4. The van der Waals surface area contributed by atoms with Crippen molar-refractivity contribution < 1.29 is 44.7 Å². The summed E-state index contributed by atoms with van der Waals surface area (Å²) in [7, 11) is -4.80. The molecule has 2 aromatic rings. The first-order valence-electron chi connectivity index (χ1n) is 7.02. The molecule has 0 saturated heterocycles. The molecule has 0 radical (unpaired) electrons. The molecule has 4 unspecified atom stereocenters. The Hall–Kier alpha value is -2.23. The number of H-pyrrole nitrogens is 1. The van der Waals surface area contributed by atoms with Crippen LogP contribution in [0.2, 0.25) is 0 Å². The number of nitrogen functional groups attached to an aromatic ring is 1. The summed E-state index contributed by atoms with van der Waals surface area (Å²) in [6, 6.07) is 0. The van der Waals surface area contributed by atoms with Crippen LogP contribution in [0.5, 0.6) is 0 Å². The van der Waals surface area contributed by atoms with E-state index in [0.29, 0.717) is 0 Å². The molecule has 152 valence electrons. The van der Waals surface area contributed by atoms with Gasteiger partial charge in [-0.3, -0.25) is 4.79 Å². The number of imidazole rings is 1. The first-order valence-corrected chi connectivity index (χ1v) is 8.58. The van der Waals surface area contributed by atoms with Crippen molar-refractivity contribution in [2.75, 3.05) is 12.3 Å². The Balaban J connectivity index is 0.000000279. The topological polar surface area (TPSA) is 265 Å². The van der Waals surface area contributed by atoms with Gasteiger partial charge >= 0.3 is 7.75 Å². The average molecular weight is 411 g/mol. The number of nitrogens with one attached hydrogen (secondary N) is 1. The molecule has 2 heterocycles. The Morgan fingerprint density at radius 3 is 2.33 bits per heavy atom. The summed E-state index contributed by atoms with van der Waals surface area (Å²) >= 11 is 0. The van der Waals surface area contributed by atoms with Crippen LogP contribution in [0.25, 0.3) is 11.2 Å². The summed E-state index contributed by atoms with van der Waals surface area (Å²) in [6.07, 6.45) is -5.66. The highest BCUT2D eigenvalue weighted by Crippen LogP contribution is 2.36. The van der Waals surface area contributed by atoms with E-state index in [2.05, 4.69) is 15.0 Å². The molecule has 16 heteroatoms. The van der Waals surface area contributed by atoms with E-state index in [9.17, 15) is 14.2 Å². The number of hydrogen-bond acceptors (Lipinski definition) is 11. The second-order valence-electron chi connectivity index (χ2n) is 5.06. The number of nitrogens with two attached hydrogens (primary N) is 1. The number of carbonyl (C=O) groups is 1. The Kier molecular flexibility index (Phi) is 7.70. The maximum atomic E-state index is 11.5. The summed E-state index contributed by atoms with van der Waals surface area (Å²) in [6.45, 7) is -0.760. The van der Waals surface area contributed by atoms with Gasteiger partial charge < -0.3 is 50.8 Å². The van der Waals surface area contributed by atoms with Crippen LogP contribution < -0.4 is 11.3 Å². The van der Waals surface area contributed by atoms with Crippen LogP contribution in [0.4, 0.5) is 5.95 Å². The molecular formula is C11H18N5O10P. The SMILES string of the molecule is Nc1nc2nc[nH]c2c(=O)n1P(=O)(O)O.O=CC(O)C(O)C(O)C(O)CO. The van der Waals surface area contributed by atoms with E-state index in [1.165, 1.54) is 6.33 Å². The van der Waals surface area contributed by atoms with Crippen molar-refractivity contribution in [1.82, 2.24) is 19.3 Å². The van der Waals surface area contributed by atoms with Crippen LogP contribution >= 0.6 is 7.75 Å². The van der Waals surface area contributed by atoms with Crippen molar-refractivity contribution in [1.29, 1.82) is 0 Å². The summed E-state index contributed by atoms with van der Waals surface area (Å²) < 4.78 is 11.1. The average Bonchev–Trinajstić information content (AvgIpc) is 3.06. The largest absolute Gasteiger partial charge is 0.439 e. The van der Waals surface area contributed by atoms with Crippen LogP contribution in [-0.2, 0) is 9.36 Å². The van der Waals surface area contributed by atoms with E-state index >= 15 is 0 Å². The number of anilines is 1. The molecular weight excluding hydrogens is 393 g/mol. The monoisotopic (exact) mass is 411 g/mol. The van der Waals surface area contributed by atoms with Gasteiger partial charge in [0, 0.05) is 0 Å². The number of hydrogen-bond donors (Lipinski definition) is 9. The smallest absolute Gasteiger partial charge is 0.394 e. The zero-order valence-corrected chi connectivity index (χ0v) is 14.3. The molecule has 0 aliphatic carbocycles. The van der Waals surface area contributed by atoms with Gasteiger partial charge in [0.2, 0.25) is 5.95 Å². The first-order chi connectivity index (χ1) is 12.4. The lowest BCUT2D eigenvalue weighted by Gasteiger charge is -2.22. The van der Waals surface area contributed by atoms with Crippen LogP contribution in [0.15, 0.2) is 11.1 Å². The third-order valence-electron chi connectivity index (χ3n) is 3.14. The summed E-state index contributed by atoms with van der Waals surface area (Å²) in [5, 5.41) is 43.5. The molecule has 0 saturated carbocycles. The number of nitrogens with zero attached hydrogens (tertiary/aromatic N) is 3. The van der Waals surface area contributed by atoms with E-state index in [1.54, 1.807) is 0 Å². The molecule has 15 nitrogen and oxygen atoms in total. The molecule has 0 aromatic carbocycles. The maximum absolute atomic E-state index is 11.5. The van der Waals surface area contributed by atoms with E-state index in [-0.39, 0.29) is 21.8 Å². The molecule has 0 aliphatic heterocycles. The summed E-state index contributed by atoms with van der Waals surface area (Å²) in [5.41, 5.74) is 4.20. The highest BCUT2D eigenvalue weighted by atomic mass is 31.2. The lowest BCUT2D eigenvalue weighted by molar-refractivity contribution is -0.136. The van der Waals surface area contributed by atoms with Gasteiger partial charge in [-0.25, -0.2) is 9.55 Å². The molecule has 0 spiro atoms. The van der Waals surface area contributed by atoms with Crippen LogP contribution in [0.1, 0.15) is 0 Å². The van der Waals surface area contributed by atoms with Crippen LogP contribution in [0, 0.1) is 0 Å². The number of carbonyl (C=O) groups excluding carboxylic acids is 1. The van der Waals surface area contributed by atoms with Gasteiger partial charge in [0.25, 0.3) is 5.56 Å². The number of aliphatic hydroxyl groups is 5. The summed E-state index contributed by atoms with van der Waals surface area (Å²) in [4.78, 5) is 48.8. The van der Waals surface area contributed by atoms with Crippen molar-refractivity contribution in [3.63, 3.8) is 0 Å². The van der Waals surface area contributed by atoms with Crippen LogP contribution in [-0.4, -0.2) is 91.9 Å². The van der Waals surface area contributed by atoms with Crippen molar-refractivity contribution in [3.8, 4) is 0 Å². The molecule has 0 bridgehead atoms. The molecule has 0 amide bonds. The first kappa shape index (κ1) is 22.8. The Morgan fingerprint density at radius 1 is 1.26 bits per heavy atom. The van der Waals surface area contributed by atoms with Crippen molar-refractivity contribution in [2.24, 2.45) is 0 Å². The minimum absolute atomic E-state index is 0.0159. The minimum atomic E-state index is -4.80. The predicted octanol–water partition coefficient (Wildman–Crippen LogP) is -4.74. The zero-order valence-electron chi connectivity index (χ0n) is 13.4. The van der Waals surface area contributed by atoms with E-state index in [1.807, 2.05) is 0 Å². The Labute approximate surface area is 149 Å². The quantitative estimate of drug-likeness (QED) is 0.160. The number of aliphatic hydroxyl groups excluding tert-OH is 5. The standard InChI is InChI=1S/C6H12O6.C5H6N5O4P/c7-1-3(9)5(11)6(12)4(10)2-8;6-5-9-3-2(7-1-8-3)4(11)10(5)15(12,13)14/h1,3-6,8-12H,2H2;1H,(H2,6,9)(H,7,8)(H2,12,13,14). The Morgan fingerprint density at radius 2 is 1.85 bits per heavy atom. The molecule has 4 atom stereocenters. The fraction of sp³-hybridized carbons (Fsp3) is 0.455. The zero-order chi connectivity index (χ0) is 20.9. The third-order valence-corrected chi connectivity index (χ3v) is 4.05. The number of fused-ring (bicyclic) bond motifs is 1. The number of rotatable bonds is 6. The van der Waals surface area contributed by atoms with E-state index < -0.39 is 50.3 Å². The normalized spacial score (nSPS) is 16.1. The molecule has 2 aromatic heterocycles.